The molecule has 0 aromatic heterocycles. The number of benzene rings is 1. The average Bonchev–Trinajstić information content (AvgIpc) is 2.20. The Morgan fingerprint density at radius 2 is 2.20 bits per heavy atom. The Hall–Kier alpha value is -0.450. The molecule has 0 saturated heterocycles. The van der Waals surface area contributed by atoms with Crippen molar-refractivity contribution in [2.24, 2.45) is 0 Å². The minimum atomic E-state index is -0.129. The molecular weight excluding hydrogens is 259 g/mol. The van der Waals surface area contributed by atoms with Gasteiger partial charge in [-0.3, -0.25) is 4.90 Å². The van der Waals surface area contributed by atoms with Crippen LogP contribution in [0.1, 0.15) is 5.56 Å². The molecule has 84 valence electrons. The lowest BCUT2D eigenvalue weighted by Crippen LogP contribution is -2.30. The second kappa shape index (κ2) is 6.20. The number of nitrogens with one attached hydrogen (secondary N) is 1. The molecule has 0 saturated carbocycles. The van der Waals surface area contributed by atoms with Crippen LogP contribution in [0.4, 0.5) is 4.39 Å². The van der Waals surface area contributed by atoms with Crippen molar-refractivity contribution in [2.75, 3.05) is 27.3 Å². The molecule has 0 fully saturated rings. The van der Waals surface area contributed by atoms with Crippen LogP contribution >= 0.6 is 15.9 Å². The Kier molecular flexibility index (Phi) is 5.22. The molecule has 4 heteroatoms. The molecule has 0 spiro atoms. The van der Waals surface area contributed by atoms with Crippen molar-refractivity contribution in [3.05, 3.63) is 34.1 Å². The van der Waals surface area contributed by atoms with E-state index in [0.717, 1.165) is 29.7 Å². The Balaban J connectivity index is 2.53. The van der Waals surface area contributed by atoms with Gasteiger partial charge in [-0.1, -0.05) is 15.9 Å². The molecule has 2 nitrogen and oxygen atoms in total. The van der Waals surface area contributed by atoms with E-state index < -0.39 is 0 Å². The van der Waals surface area contributed by atoms with Crippen molar-refractivity contribution < 1.29 is 4.39 Å². The minimum Gasteiger partial charge on any atom is -0.307 e. The second-order valence-corrected chi connectivity index (χ2v) is 4.49. The highest BCUT2D eigenvalue weighted by Gasteiger charge is 2.04. The molecule has 0 heterocycles. The smallest absolute Gasteiger partial charge is 0.126 e. The van der Waals surface area contributed by atoms with Crippen molar-refractivity contribution in [2.45, 2.75) is 6.42 Å². The highest BCUT2D eigenvalue weighted by atomic mass is 79.9. The van der Waals surface area contributed by atoms with E-state index >= 15 is 0 Å². The third-order valence-electron chi connectivity index (χ3n) is 2.20. The van der Waals surface area contributed by atoms with E-state index in [9.17, 15) is 4.39 Å². The van der Waals surface area contributed by atoms with Crippen LogP contribution in [0.25, 0.3) is 0 Å². The highest BCUT2D eigenvalue weighted by molar-refractivity contribution is 9.10. The maximum atomic E-state index is 13.4. The van der Waals surface area contributed by atoms with Gasteiger partial charge in [0.15, 0.2) is 0 Å². The quantitative estimate of drug-likeness (QED) is 0.829. The van der Waals surface area contributed by atoms with Crippen LogP contribution in [0.15, 0.2) is 22.7 Å². The van der Waals surface area contributed by atoms with Crippen molar-refractivity contribution in [3.8, 4) is 0 Å². The second-order valence-electron chi connectivity index (χ2n) is 3.58. The summed E-state index contributed by atoms with van der Waals surface area (Å²) >= 11 is 3.34. The third-order valence-corrected chi connectivity index (χ3v) is 2.69. The molecule has 1 N–H and O–H groups in total. The number of nitrogens with zero attached hydrogens (tertiary/aromatic N) is 1. The summed E-state index contributed by atoms with van der Waals surface area (Å²) in [5.41, 5.74) is 0.757. The molecule has 0 bridgehead atoms. The first-order valence-electron chi connectivity index (χ1n) is 4.90. The van der Waals surface area contributed by atoms with E-state index in [1.807, 2.05) is 20.2 Å². The predicted octanol–water partition coefficient (Wildman–Crippen LogP) is 2.24. The van der Waals surface area contributed by atoms with Crippen LogP contribution in [0.5, 0.6) is 0 Å². The molecule has 0 amide bonds. The summed E-state index contributed by atoms with van der Waals surface area (Å²) in [6.45, 7) is 1.66. The number of likely N-dealkylation sites (N-methyl/N-ethyl adjacent to an activating group) is 1. The lowest BCUT2D eigenvalue weighted by atomic mass is 10.1. The zero-order valence-electron chi connectivity index (χ0n) is 9.06. The zero-order valence-corrected chi connectivity index (χ0v) is 10.6. The fourth-order valence-electron chi connectivity index (χ4n) is 1.40. The average molecular weight is 275 g/mol. The molecule has 0 unspecified atom stereocenters. The molecule has 0 atom stereocenters. The maximum absolute atomic E-state index is 13.4. The lowest BCUT2D eigenvalue weighted by Gasteiger charge is -2.15. The Morgan fingerprint density at radius 3 is 2.87 bits per heavy atom. The van der Waals surface area contributed by atoms with Gasteiger partial charge in [0.2, 0.25) is 0 Å². The zero-order chi connectivity index (χ0) is 11.3. The largest absolute Gasteiger partial charge is 0.307 e. The fraction of sp³-hybridized carbons (Fsp3) is 0.455. The summed E-state index contributed by atoms with van der Waals surface area (Å²) in [5, 5.41) is 3.05. The molecule has 0 radical (unpaired) electrons. The normalized spacial score (nSPS) is 11.0. The molecular formula is C11H16BrFN2. The van der Waals surface area contributed by atoms with Gasteiger partial charge in [0.25, 0.3) is 0 Å². The number of halogens is 2. The number of hydrogen-bond donors (Lipinski definition) is 1. The molecule has 1 rings (SSSR count). The summed E-state index contributed by atoms with van der Waals surface area (Å²) in [5.74, 6) is -0.129. The summed E-state index contributed by atoms with van der Waals surface area (Å²) in [6, 6.07) is 5.05. The summed E-state index contributed by atoms with van der Waals surface area (Å²) in [6.07, 6.45) is 0.726. The van der Waals surface area contributed by atoms with E-state index in [4.69, 9.17) is 0 Å². The first-order chi connectivity index (χ1) is 7.13. The van der Waals surface area contributed by atoms with Gasteiger partial charge in [0, 0.05) is 17.7 Å². The Bertz CT molecular complexity index is 317. The van der Waals surface area contributed by atoms with Crippen LogP contribution in [0.3, 0.4) is 0 Å². The van der Waals surface area contributed by atoms with Crippen molar-refractivity contribution in [3.63, 3.8) is 0 Å². The van der Waals surface area contributed by atoms with Gasteiger partial charge < -0.3 is 5.32 Å². The van der Waals surface area contributed by atoms with Crippen LogP contribution in [-0.4, -0.2) is 32.2 Å². The predicted molar refractivity (Wildman–Crippen MR) is 64.4 cm³/mol. The van der Waals surface area contributed by atoms with Crippen molar-refractivity contribution in [1.82, 2.24) is 10.2 Å². The molecule has 0 aliphatic rings. The Labute approximate surface area is 98.6 Å². The minimum absolute atomic E-state index is 0.129. The number of rotatable bonds is 5. The Morgan fingerprint density at radius 1 is 1.47 bits per heavy atom. The highest BCUT2D eigenvalue weighted by Crippen LogP contribution is 2.16. The van der Waals surface area contributed by atoms with E-state index in [-0.39, 0.29) is 5.82 Å². The van der Waals surface area contributed by atoms with Gasteiger partial charge >= 0.3 is 0 Å². The summed E-state index contributed by atoms with van der Waals surface area (Å²) < 4.78 is 14.3. The standard InChI is InChI=1S/C11H16BrFN2/c1-14-8-15(2)6-5-9-7-10(12)3-4-11(9)13/h3-4,7,14H,5-6,8H2,1-2H3. The van der Waals surface area contributed by atoms with E-state index in [1.54, 1.807) is 6.07 Å². The first-order valence-corrected chi connectivity index (χ1v) is 5.70. The molecule has 0 aliphatic heterocycles. The van der Waals surface area contributed by atoms with Crippen molar-refractivity contribution in [1.29, 1.82) is 0 Å². The van der Waals surface area contributed by atoms with E-state index in [1.165, 1.54) is 6.07 Å². The van der Waals surface area contributed by atoms with Gasteiger partial charge in [0.05, 0.1) is 0 Å². The fourth-order valence-corrected chi connectivity index (χ4v) is 1.80. The summed E-state index contributed by atoms with van der Waals surface area (Å²) in [4.78, 5) is 2.11. The first kappa shape index (κ1) is 12.6. The molecule has 1 aromatic rings. The topological polar surface area (TPSA) is 15.3 Å². The lowest BCUT2D eigenvalue weighted by molar-refractivity contribution is 0.320. The SMILES string of the molecule is CNCN(C)CCc1cc(Br)ccc1F. The van der Waals surface area contributed by atoms with Gasteiger partial charge in [-0.15, -0.1) is 0 Å². The van der Waals surface area contributed by atoms with Crippen LogP contribution in [0.2, 0.25) is 0 Å². The molecule has 15 heavy (non-hydrogen) atoms. The molecule has 1 aromatic carbocycles. The van der Waals surface area contributed by atoms with Gasteiger partial charge in [0.1, 0.15) is 5.82 Å². The summed E-state index contributed by atoms with van der Waals surface area (Å²) in [7, 11) is 3.91. The van der Waals surface area contributed by atoms with Crippen LogP contribution < -0.4 is 5.32 Å². The van der Waals surface area contributed by atoms with Gasteiger partial charge in [-0.2, -0.15) is 0 Å². The van der Waals surface area contributed by atoms with Gasteiger partial charge in [-0.25, -0.2) is 4.39 Å². The van der Waals surface area contributed by atoms with Crippen LogP contribution in [0, 0.1) is 5.82 Å². The van der Waals surface area contributed by atoms with E-state index in [2.05, 4.69) is 26.1 Å². The third kappa shape index (κ3) is 4.28. The van der Waals surface area contributed by atoms with Crippen LogP contribution in [-0.2, 0) is 6.42 Å². The number of hydrogen-bond acceptors (Lipinski definition) is 2. The van der Waals surface area contributed by atoms with Gasteiger partial charge in [-0.05, 0) is 44.3 Å². The van der Waals surface area contributed by atoms with Crippen molar-refractivity contribution >= 4 is 15.9 Å². The molecule has 0 aliphatic carbocycles. The maximum Gasteiger partial charge on any atom is 0.126 e. The monoisotopic (exact) mass is 274 g/mol. The van der Waals surface area contributed by atoms with E-state index in [0.29, 0.717) is 0 Å².